The van der Waals surface area contributed by atoms with E-state index in [1.807, 2.05) is 26.0 Å². The number of nitrogens with two attached hydrogens (primary N) is 1. The van der Waals surface area contributed by atoms with E-state index < -0.39 is 0 Å². The molecule has 0 spiro atoms. The fourth-order valence-electron chi connectivity index (χ4n) is 2.95. The number of nitrogens with zero attached hydrogens (tertiary/aromatic N) is 1. The van der Waals surface area contributed by atoms with E-state index in [4.69, 9.17) is 14.0 Å². The lowest BCUT2D eigenvalue weighted by Gasteiger charge is -2.12. The van der Waals surface area contributed by atoms with Gasteiger partial charge >= 0.3 is 0 Å². The number of benzene rings is 2. The predicted molar refractivity (Wildman–Crippen MR) is 104 cm³/mol. The highest BCUT2D eigenvalue weighted by Crippen LogP contribution is 2.29. The second kappa shape index (κ2) is 8.73. The molecule has 1 heterocycles. The molecular formula is C22H27N2O3+. The molecule has 0 bridgehead atoms. The van der Waals surface area contributed by atoms with E-state index in [9.17, 15) is 0 Å². The number of aryl methyl sites for hydroxylation is 3. The second-order valence-corrected chi connectivity index (χ2v) is 6.76. The lowest BCUT2D eigenvalue weighted by Crippen LogP contribution is -2.80. The molecule has 0 unspecified atom stereocenters. The van der Waals surface area contributed by atoms with Gasteiger partial charge in [-0.3, -0.25) is 0 Å². The van der Waals surface area contributed by atoms with Gasteiger partial charge < -0.3 is 19.3 Å². The van der Waals surface area contributed by atoms with Gasteiger partial charge in [-0.2, -0.15) is 0 Å². The maximum Gasteiger partial charge on any atom is 0.161 e. The first kappa shape index (κ1) is 19.0. The van der Waals surface area contributed by atoms with Crippen molar-refractivity contribution in [2.75, 3.05) is 7.11 Å². The van der Waals surface area contributed by atoms with Crippen molar-refractivity contribution in [3.8, 4) is 11.5 Å². The molecule has 2 N–H and O–H groups in total. The first-order valence-electron chi connectivity index (χ1n) is 9.15. The van der Waals surface area contributed by atoms with Crippen LogP contribution in [0.1, 0.15) is 33.7 Å². The van der Waals surface area contributed by atoms with E-state index in [2.05, 4.69) is 47.7 Å². The first-order valence-corrected chi connectivity index (χ1v) is 9.15. The van der Waals surface area contributed by atoms with E-state index in [1.54, 1.807) is 7.11 Å². The third kappa shape index (κ3) is 4.89. The fraction of sp³-hybridized carbons (Fsp3) is 0.318. The van der Waals surface area contributed by atoms with Crippen molar-refractivity contribution in [2.45, 2.75) is 40.5 Å². The monoisotopic (exact) mass is 367 g/mol. The van der Waals surface area contributed by atoms with Gasteiger partial charge in [-0.05, 0) is 39.0 Å². The molecule has 5 heteroatoms. The summed E-state index contributed by atoms with van der Waals surface area (Å²) in [6.07, 6.45) is 0. The smallest absolute Gasteiger partial charge is 0.161 e. The summed E-state index contributed by atoms with van der Waals surface area (Å²) in [5, 5.41) is 6.24. The minimum Gasteiger partial charge on any atom is -0.493 e. The average molecular weight is 367 g/mol. The van der Waals surface area contributed by atoms with Crippen LogP contribution in [0, 0.1) is 20.8 Å². The molecule has 0 radical (unpaired) electrons. The number of ether oxygens (including phenoxy) is 2. The summed E-state index contributed by atoms with van der Waals surface area (Å²) in [6.45, 7) is 8.16. The topological polar surface area (TPSA) is 61.1 Å². The van der Waals surface area contributed by atoms with Gasteiger partial charge in [0.25, 0.3) is 0 Å². The molecule has 0 aliphatic rings. The molecule has 27 heavy (non-hydrogen) atoms. The van der Waals surface area contributed by atoms with E-state index >= 15 is 0 Å². The Bertz CT molecular complexity index is 866. The Hall–Kier alpha value is -2.79. The van der Waals surface area contributed by atoms with Gasteiger partial charge in [0.15, 0.2) is 11.5 Å². The van der Waals surface area contributed by atoms with Crippen LogP contribution >= 0.6 is 0 Å². The van der Waals surface area contributed by atoms with Crippen molar-refractivity contribution in [1.82, 2.24) is 5.16 Å². The van der Waals surface area contributed by atoms with E-state index in [1.165, 1.54) is 16.7 Å². The molecule has 0 aliphatic heterocycles. The summed E-state index contributed by atoms with van der Waals surface area (Å²) < 4.78 is 16.6. The first-order chi connectivity index (χ1) is 13.1. The lowest BCUT2D eigenvalue weighted by atomic mass is 10.1. The zero-order valence-electron chi connectivity index (χ0n) is 16.4. The van der Waals surface area contributed by atoms with Gasteiger partial charge in [0.05, 0.1) is 18.4 Å². The van der Waals surface area contributed by atoms with Gasteiger partial charge in [-0.15, -0.1) is 0 Å². The fourth-order valence-corrected chi connectivity index (χ4v) is 2.95. The Balaban J connectivity index is 1.59. The molecule has 0 fully saturated rings. The van der Waals surface area contributed by atoms with Crippen molar-refractivity contribution >= 4 is 0 Å². The Kier molecular flexibility index (Phi) is 6.14. The number of hydrogen-bond donors (Lipinski definition) is 1. The van der Waals surface area contributed by atoms with Crippen molar-refractivity contribution in [3.05, 3.63) is 76.2 Å². The second-order valence-electron chi connectivity index (χ2n) is 6.76. The van der Waals surface area contributed by atoms with Crippen LogP contribution in [-0.4, -0.2) is 12.3 Å². The quantitative estimate of drug-likeness (QED) is 0.662. The minimum absolute atomic E-state index is 0.413. The van der Waals surface area contributed by atoms with Crippen LogP contribution in [0.15, 0.2) is 47.0 Å². The van der Waals surface area contributed by atoms with Gasteiger partial charge in [0.1, 0.15) is 25.5 Å². The van der Waals surface area contributed by atoms with Crippen LogP contribution < -0.4 is 14.8 Å². The Morgan fingerprint density at radius 3 is 2.30 bits per heavy atom. The molecular weight excluding hydrogens is 340 g/mol. The molecule has 5 nitrogen and oxygen atoms in total. The summed E-state index contributed by atoms with van der Waals surface area (Å²) in [5.74, 6) is 2.25. The molecule has 142 valence electrons. The molecule has 0 amide bonds. The zero-order valence-corrected chi connectivity index (χ0v) is 16.4. The van der Waals surface area contributed by atoms with Crippen LogP contribution in [0.25, 0.3) is 0 Å². The number of hydrogen-bond acceptors (Lipinski definition) is 4. The number of rotatable bonds is 8. The van der Waals surface area contributed by atoms with E-state index in [0.29, 0.717) is 6.61 Å². The standard InChI is InChI=1S/C22H26N2O3/c1-15-5-7-18(8-6-15)12-23-13-19-9-10-21(22(11-19)25-4)26-14-20-16(2)24-27-17(20)3/h5-11,23H,12-14H2,1-4H3/p+1. The highest BCUT2D eigenvalue weighted by Gasteiger charge is 2.12. The van der Waals surface area contributed by atoms with Gasteiger partial charge in [-0.25, -0.2) is 0 Å². The van der Waals surface area contributed by atoms with Gasteiger partial charge in [-0.1, -0.05) is 35.0 Å². The molecule has 0 saturated carbocycles. The third-order valence-corrected chi connectivity index (χ3v) is 4.66. The minimum atomic E-state index is 0.413. The van der Waals surface area contributed by atoms with Gasteiger partial charge in [0, 0.05) is 11.1 Å². The normalized spacial score (nSPS) is 10.8. The average Bonchev–Trinajstić information content (AvgIpc) is 3.00. The number of methoxy groups -OCH3 is 1. The van der Waals surface area contributed by atoms with Crippen LogP contribution in [0.5, 0.6) is 11.5 Å². The number of aromatic nitrogens is 1. The molecule has 3 rings (SSSR count). The molecule has 2 aromatic carbocycles. The van der Waals surface area contributed by atoms with Crippen LogP contribution in [0.3, 0.4) is 0 Å². The van der Waals surface area contributed by atoms with Crippen LogP contribution in [0.2, 0.25) is 0 Å². The highest BCUT2D eigenvalue weighted by atomic mass is 16.5. The molecule has 0 aliphatic carbocycles. The summed E-state index contributed by atoms with van der Waals surface area (Å²) >= 11 is 0. The van der Waals surface area contributed by atoms with Crippen molar-refractivity contribution in [3.63, 3.8) is 0 Å². The Labute approximate surface area is 160 Å². The summed E-state index contributed by atoms with van der Waals surface area (Å²) in [5.41, 5.74) is 5.65. The molecule has 0 atom stereocenters. The Morgan fingerprint density at radius 2 is 1.63 bits per heavy atom. The highest BCUT2D eigenvalue weighted by molar-refractivity contribution is 5.43. The van der Waals surface area contributed by atoms with Crippen molar-refractivity contribution in [2.24, 2.45) is 0 Å². The number of quaternary nitrogens is 1. The molecule has 0 saturated heterocycles. The van der Waals surface area contributed by atoms with Gasteiger partial charge in [0.2, 0.25) is 0 Å². The SMILES string of the molecule is COc1cc(C[NH2+]Cc2ccc(C)cc2)ccc1OCc1c(C)noc1C. The summed E-state index contributed by atoms with van der Waals surface area (Å²) in [4.78, 5) is 0. The largest absolute Gasteiger partial charge is 0.493 e. The van der Waals surface area contributed by atoms with E-state index in [0.717, 1.165) is 41.6 Å². The maximum absolute atomic E-state index is 5.94. The summed E-state index contributed by atoms with van der Waals surface area (Å²) in [7, 11) is 1.66. The predicted octanol–water partition coefficient (Wildman–Crippen LogP) is 3.45. The lowest BCUT2D eigenvalue weighted by molar-refractivity contribution is -0.686. The maximum atomic E-state index is 5.94. The van der Waals surface area contributed by atoms with E-state index in [-0.39, 0.29) is 0 Å². The Morgan fingerprint density at radius 1 is 0.926 bits per heavy atom. The molecule has 3 aromatic rings. The van der Waals surface area contributed by atoms with Crippen molar-refractivity contribution < 1.29 is 19.3 Å². The third-order valence-electron chi connectivity index (χ3n) is 4.66. The van der Waals surface area contributed by atoms with Crippen LogP contribution in [-0.2, 0) is 19.7 Å². The van der Waals surface area contributed by atoms with Crippen molar-refractivity contribution in [1.29, 1.82) is 0 Å². The summed E-state index contributed by atoms with van der Waals surface area (Å²) in [6, 6.07) is 14.7. The molecule has 1 aromatic heterocycles. The zero-order chi connectivity index (χ0) is 19.2. The van der Waals surface area contributed by atoms with Crippen LogP contribution in [0.4, 0.5) is 0 Å².